The predicted octanol–water partition coefficient (Wildman–Crippen LogP) is 4.95. The number of hydrogen-bond donors (Lipinski definition) is 2. The average molecular weight is 319 g/mol. The molecule has 118 valence electrons. The summed E-state index contributed by atoms with van der Waals surface area (Å²) in [7, 11) is 0. The second kappa shape index (κ2) is 7.45. The largest absolute Gasteiger partial charge is 0.370 e. The predicted molar refractivity (Wildman–Crippen MR) is 94.2 cm³/mol. The monoisotopic (exact) mass is 318 g/mol. The molecule has 0 radical (unpaired) electrons. The van der Waals surface area contributed by atoms with E-state index in [9.17, 15) is 0 Å². The molecule has 4 nitrogen and oxygen atoms in total. The first-order chi connectivity index (χ1) is 10.5. The van der Waals surface area contributed by atoms with Crippen LogP contribution in [0.15, 0.2) is 24.3 Å². The van der Waals surface area contributed by atoms with Crippen LogP contribution in [0.1, 0.15) is 31.5 Å². The van der Waals surface area contributed by atoms with E-state index < -0.39 is 0 Å². The van der Waals surface area contributed by atoms with Gasteiger partial charge in [0.1, 0.15) is 5.82 Å². The fourth-order valence-electron chi connectivity index (χ4n) is 2.07. The van der Waals surface area contributed by atoms with Gasteiger partial charge in [-0.1, -0.05) is 31.5 Å². The van der Waals surface area contributed by atoms with E-state index in [0.717, 1.165) is 40.8 Å². The molecule has 0 saturated heterocycles. The van der Waals surface area contributed by atoms with Crippen molar-refractivity contribution in [3.05, 3.63) is 40.5 Å². The molecule has 2 rings (SSSR count). The minimum atomic E-state index is 0.581. The Labute approximate surface area is 137 Å². The summed E-state index contributed by atoms with van der Waals surface area (Å²) in [6.45, 7) is 9.26. The van der Waals surface area contributed by atoms with Gasteiger partial charge in [-0.3, -0.25) is 0 Å². The van der Waals surface area contributed by atoms with E-state index >= 15 is 0 Å². The molecule has 0 saturated carbocycles. The van der Waals surface area contributed by atoms with Gasteiger partial charge in [0.15, 0.2) is 0 Å². The highest BCUT2D eigenvalue weighted by Crippen LogP contribution is 2.25. The summed E-state index contributed by atoms with van der Waals surface area (Å²) in [4.78, 5) is 8.96. The number of nitrogens with one attached hydrogen (secondary N) is 2. The number of anilines is 3. The van der Waals surface area contributed by atoms with Crippen molar-refractivity contribution in [2.24, 2.45) is 5.92 Å². The van der Waals surface area contributed by atoms with Crippen LogP contribution >= 0.6 is 11.6 Å². The minimum Gasteiger partial charge on any atom is -0.370 e. The molecule has 1 aromatic heterocycles. The number of rotatable bonds is 6. The molecule has 1 aromatic carbocycles. The first-order valence-electron chi connectivity index (χ1n) is 7.57. The normalized spacial score (nSPS) is 10.8. The van der Waals surface area contributed by atoms with Crippen molar-refractivity contribution in [2.45, 2.75) is 34.1 Å². The van der Waals surface area contributed by atoms with E-state index in [-0.39, 0.29) is 0 Å². The Morgan fingerprint density at radius 2 is 1.95 bits per heavy atom. The summed E-state index contributed by atoms with van der Waals surface area (Å²) in [6.07, 6.45) is 1.11. The van der Waals surface area contributed by atoms with Crippen molar-refractivity contribution >= 4 is 29.1 Å². The maximum Gasteiger partial charge on any atom is 0.229 e. The van der Waals surface area contributed by atoms with E-state index in [2.05, 4.69) is 34.4 Å². The molecule has 2 aromatic rings. The van der Waals surface area contributed by atoms with Crippen molar-refractivity contribution in [3.63, 3.8) is 0 Å². The number of halogens is 1. The Morgan fingerprint density at radius 1 is 1.18 bits per heavy atom. The Hall–Kier alpha value is -1.81. The van der Waals surface area contributed by atoms with E-state index in [1.54, 1.807) is 0 Å². The molecule has 0 bridgehead atoms. The van der Waals surface area contributed by atoms with Crippen LogP contribution in [0.2, 0.25) is 5.02 Å². The van der Waals surface area contributed by atoms with Gasteiger partial charge in [-0.25, -0.2) is 4.98 Å². The second-order valence-electron chi connectivity index (χ2n) is 5.86. The third-order valence-corrected chi connectivity index (χ3v) is 3.81. The van der Waals surface area contributed by atoms with Crippen LogP contribution in [0.3, 0.4) is 0 Å². The van der Waals surface area contributed by atoms with Gasteiger partial charge in [0.2, 0.25) is 5.95 Å². The Balaban J connectivity index is 2.14. The number of hydrogen-bond acceptors (Lipinski definition) is 4. The molecule has 0 aliphatic heterocycles. The maximum absolute atomic E-state index is 6.15. The lowest BCUT2D eigenvalue weighted by Crippen LogP contribution is -2.08. The first-order valence-corrected chi connectivity index (χ1v) is 7.95. The summed E-state index contributed by atoms with van der Waals surface area (Å²) >= 11 is 6.15. The molecule has 2 N–H and O–H groups in total. The molecule has 0 amide bonds. The number of nitrogens with zero attached hydrogens (tertiary/aromatic N) is 2. The Bertz CT molecular complexity index is 641. The minimum absolute atomic E-state index is 0.581. The van der Waals surface area contributed by atoms with Gasteiger partial charge < -0.3 is 10.6 Å². The van der Waals surface area contributed by atoms with Gasteiger partial charge in [-0.2, -0.15) is 4.98 Å². The highest BCUT2D eigenvalue weighted by molar-refractivity contribution is 6.31. The van der Waals surface area contributed by atoms with Crippen LogP contribution in [-0.2, 0) is 0 Å². The van der Waals surface area contributed by atoms with Gasteiger partial charge in [0.05, 0.1) is 0 Å². The van der Waals surface area contributed by atoms with Gasteiger partial charge in [0.25, 0.3) is 0 Å². The number of aromatic nitrogens is 2. The fourth-order valence-corrected chi connectivity index (χ4v) is 2.24. The van der Waals surface area contributed by atoms with Crippen LogP contribution in [0.4, 0.5) is 17.5 Å². The van der Waals surface area contributed by atoms with Crippen molar-refractivity contribution in [3.8, 4) is 0 Å². The van der Waals surface area contributed by atoms with E-state index in [0.29, 0.717) is 11.9 Å². The smallest absolute Gasteiger partial charge is 0.229 e. The van der Waals surface area contributed by atoms with Crippen LogP contribution in [0.25, 0.3) is 0 Å². The Kier molecular flexibility index (Phi) is 5.61. The number of aryl methyl sites for hydroxylation is 1. The zero-order valence-electron chi connectivity index (χ0n) is 13.6. The SMILES string of the molecule is Cc1cc(NCCC(C)C)nc(Nc2cccc(Cl)c2C)n1. The van der Waals surface area contributed by atoms with Crippen LogP contribution in [0, 0.1) is 19.8 Å². The van der Waals surface area contributed by atoms with E-state index in [4.69, 9.17) is 11.6 Å². The molecule has 0 aliphatic rings. The molecule has 5 heteroatoms. The molecule has 22 heavy (non-hydrogen) atoms. The van der Waals surface area contributed by atoms with Crippen molar-refractivity contribution in [1.82, 2.24) is 9.97 Å². The van der Waals surface area contributed by atoms with Crippen molar-refractivity contribution in [1.29, 1.82) is 0 Å². The van der Waals surface area contributed by atoms with Crippen LogP contribution in [0.5, 0.6) is 0 Å². The van der Waals surface area contributed by atoms with Crippen molar-refractivity contribution < 1.29 is 0 Å². The highest BCUT2D eigenvalue weighted by atomic mass is 35.5. The first kappa shape index (κ1) is 16.6. The second-order valence-corrected chi connectivity index (χ2v) is 6.27. The summed E-state index contributed by atoms with van der Waals surface area (Å²) in [5, 5.41) is 7.33. The van der Waals surface area contributed by atoms with Gasteiger partial charge in [-0.15, -0.1) is 0 Å². The van der Waals surface area contributed by atoms with Gasteiger partial charge >= 0.3 is 0 Å². The third-order valence-electron chi connectivity index (χ3n) is 3.40. The van der Waals surface area contributed by atoms with E-state index in [1.807, 2.05) is 38.1 Å². The van der Waals surface area contributed by atoms with Gasteiger partial charge in [0, 0.05) is 29.0 Å². The number of benzene rings is 1. The maximum atomic E-state index is 6.15. The zero-order chi connectivity index (χ0) is 16.1. The van der Waals surface area contributed by atoms with Crippen molar-refractivity contribution in [2.75, 3.05) is 17.2 Å². The highest BCUT2D eigenvalue weighted by Gasteiger charge is 2.06. The Morgan fingerprint density at radius 3 is 2.68 bits per heavy atom. The topological polar surface area (TPSA) is 49.8 Å². The summed E-state index contributed by atoms with van der Waals surface area (Å²) in [5.41, 5.74) is 2.83. The molecule has 0 atom stereocenters. The fraction of sp³-hybridized carbons (Fsp3) is 0.412. The standard InChI is InChI=1S/C17H23ClN4/c1-11(2)8-9-19-16-10-12(3)20-17(22-16)21-15-7-5-6-14(18)13(15)4/h5-7,10-11H,8-9H2,1-4H3,(H2,19,20,21,22). The summed E-state index contributed by atoms with van der Waals surface area (Å²) in [5.74, 6) is 2.09. The molecule has 0 fully saturated rings. The lowest BCUT2D eigenvalue weighted by atomic mass is 10.1. The summed E-state index contributed by atoms with van der Waals surface area (Å²) in [6, 6.07) is 7.71. The van der Waals surface area contributed by atoms with Gasteiger partial charge in [-0.05, 0) is 43.9 Å². The van der Waals surface area contributed by atoms with E-state index in [1.165, 1.54) is 0 Å². The summed E-state index contributed by atoms with van der Waals surface area (Å²) < 4.78 is 0. The lowest BCUT2D eigenvalue weighted by Gasteiger charge is -2.12. The molecule has 0 spiro atoms. The molecular formula is C17H23ClN4. The third kappa shape index (κ3) is 4.60. The molecule has 0 unspecified atom stereocenters. The molecule has 0 aliphatic carbocycles. The average Bonchev–Trinajstić information content (AvgIpc) is 2.43. The van der Waals surface area contributed by atoms with Crippen LogP contribution < -0.4 is 10.6 Å². The zero-order valence-corrected chi connectivity index (χ0v) is 14.3. The van der Waals surface area contributed by atoms with Crippen LogP contribution in [-0.4, -0.2) is 16.5 Å². The molecule has 1 heterocycles. The molecular weight excluding hydrogens is 296 g/mol. The lowest BCUT2D eigenvalue weighted by molar-refractivity contribution is 0.606. The quantitative estimate of drug-likeness (QED) is 0.791.